The van der Waals surface area contributed by atoms with Gasteiger partial charge in [-0.25, -0.2) is 0 Å². The van der Waals surface area contributed by atoms with E-state index in [-0.39, 0.29) is 24.5 Å². The Balaban J connectivity index is 1.77. The van der Waals surface area contributed by atoms with E-state index in [4.69, 9.17) is 14.2 Å². The summed E-state index contributed by atoms with van der Waals surface area (Å²) in [5, 5.41) is 0. The molecule has 0 radical (unpaired) electrons. The Morgan fingerprint density at radius 3 is 2.75 bits per heavy atom. The zero-order chi connectivity index (χ0) is 11.4. The summed E-state index contributed by atoms with van der Waals surface area (Å²) < 4.78 is 15.9. The summed E-state index contributed by atoms with van der Waals surface area (Å²) in [4.78, 5) is 10.8. The molecule has 1 aliphatic heterocycles. The molecule has 2 aliphatic rings. The van der Waals surface area contributed by atoms with Crippen LogP contribution in [0, 0.1) is 0 Å². The van der Waals surface area contributed by atoms with Crippen LogP contribution < -0.4 is 0 Å². The predicted molar refractivity (Wildman–Crippen MR) is 57.3 cm³/mol. The lowest BCUT2D eigenvalue weighted by Gasteiger charge is -2.20. The van der Waals surface area contributed by atoms with Gasteiger partial charge in [0.2, 0.25) is 6.29 Å². The molecule has 0 aromatic heterocycles. The Morgan fingerprint density at radius 1 is 1.25 bits per heavy atom. The maximum atomic E-state index is 10.8. The van der Waals surface area contributed by atoms with Crippen molar-refractivity contribution in [3.05, 3.63) is 36.6 Å². The number of ether oxygens (including phenoxy) is 3. The fourth-order valence-electron chi connectivity index (χ4n) is 1.65. The molecule has 0 N–H and O–H groups in total. The van der Waals surface area contributed by atoms with E-state index in [1.165, 1.54) is 6.92 Å². The van der Waals surface area contributed by atoms with Gasteiger partial charge in [-0.05, 0) is 18.2 Å². The van der Waals surface area contributed by atoms with E-state index in [1.54, 1.807) is 12.3 Å². The molecule has 3 atom stereocenters. The van der Waals surface area contributed by atoms with E-state index >= 15 is 0 Å². The average Bonchev–Trinajstić information content (AvgIpc) is 2.66. The summed E-state index contributed by atoms with van der Waals surface area (Å²) in [6, 6.07) is 0. The van der Waals surface area contributed by atoms with Gasteiger partial charge in [-0.3, -0.25) is 4.79 Å². The van der Waals surface area contributed by atoms with E-state index in [0.29, 0.717) is 6.42 Å². The Hall–Kier alpha value is -1.55. The smallest absolute Gasteiger partial charge is 0.303 e. The fourth-order valence-corrected chi connectivity index (χ4v) is 1.65. The quantitative estimate of drug-likeness (QED) is 0.538. The molecule has 0 fully saturated rings. The molecule has 0 unspecified atom stereocenters. The van der Waals surface area contributed by atoms with Crippen LogP contribution in [0.5, 0.6) is 0 Å². The van der Waals surface area contributed by atoms with Crippen molar-refractivity contribution in [2.45, 2.75) is 31.8 Å². The minimum Gasteiger partial charge on any atom is -0.469 e. The largest absolute Gasteiger partial charge is 0.469 e. The second kappa shape index (κ2) is 4.99. The Labute approximate surface area is 94.2 Å². The van der Waals surface area contributed by atoms with Gasteiger partial charge in [-0.1, -0.05) is 12.2 Å². The van der Waals surface area contributed by atoms with Crippen LogP contribution in [-0.2, 0) is 19.0 Å². The van der Waals surface area contributed by atoms with Crippen LogP contribution in [0.4, 0.5) is 0 Å². The number of hydrogen-bond donors (Lipinski definition) is 0. The highest BCUT2D eigenvalue weighted by Crippen LogP contribution is 2.20. The maximum absolute atomic E-state index is 10.8. The number of esters is 1. The lowest BCUT2D eigenvalue weighted by Crippen LogP contribution is -2.22. The first-order valence-corrected chi connectivity index (χ1v) is 5.24. The van der Waals surface area contributed by atoms with Crippen LogP contribution in [0.2, 0.25) is 0 Å². The van der Waals surface area contributed by atoms with Gasteiger partial charge in [0.05, 0.1) is 12.4 Å². The first-order valence-electron chi connectivity index (χ1n) is 5.24. The number of allylic oxidation sites excluding steroid dienone is 2. The minimum absolute atomic E-state index is 0.0644. The van der Waals surface area contributed by atoms with Crippen molar-refractivity contribution in [1.29, 1.82) is 0 Å². The molecule has 86 valence electrons. The van der Waals surface area contributed by atoms with Crippen molar-refractivity contribution < 1.29 is 19.0 Å². The normalized spacial score (nSPS) is 31.4. The third-order valence-electron chi connectivity index (χ3n) is 2.30. The highest BCUT2D eigenvalue weighted by atomic mass is 16.7. The third-order valence-corrected chi connectivity index (χ3v) is 2.30. The second-order valence-electron chi connectivity index (χ2n) is 3.66. The van der Waals surface area contributed by atoms with Crippen LogP contribution in [-0.4, -0.2) is 24.5 Å². The van der Waals surface area contributed by atoms with Gasteiger partial charge in [0.1, 0.15) is 6.10 Å². The molecule has 0 amide bonds. The summed E-state index contributed by atoms with van der Waals surface area (Å²) in [6.45, 7) is 1.40. The lowest BCUT2D eigenvalue weighted by molar-refractivity contribution is -0.146. The standard InChI is InChI=1S/C12H14O4/c1-9(13)15-10-5-6-11(8-10)16-12-4-2-3-7-14-12/h2-7,10-12H,8H2,1H3/t10-,11-,12-/m0/s1. The molecule has 16 heavy (non-hydrogen) atoms. The van der Waals surface area contributed by atoms with Gasteiger partial charge in [0.25, 0.3) is 0 Å². The summed E-state index contributed by atoms with van der Waals surface area (Å²) in [5.74, 6) is -0.271. The minimum atomic E-state index is -0.351. The SMILES string of the molecule is CC(=O)O[C@H]1C=C[C@H](O[C@H]2C=CC=CO2)C1. The third kappa shape index (κ3) is 2.97. The highest BCUT2D eigenvalue weighted by molar-refractivity contribution is 5.66. The maximum Gasteiger partial charge on any atom is 0.303 e. The molecule has 0 spiro atoms. The van der Waals surface area contributed by atoms with Crippen molar-refractivity contribution in [2.24, 2.45) is 0 Å². The topological polar surface area (TPSA) is 44.8 Å². The first-order chi connectivity index (χ1) is 7.74. The molecule has 1 aliphatic carbocycles. The van der Waals surface area contributed by atoms with E-state index in [0.717, 1.165) is 0 Å². The molecule has 1 heterocycles. The monoisotopic (exact) mass is 222 g/mol. The summed E-state index contributed by atoms with van der Waals surface area (Å²) in [6.07, 6.45) is 10.9. The van der Waals surface area contributed by atoms with Crippen molar-refractivity contribution in [1.82, 2.24) is 0 Å². The summed E-state index contributed by atoms with van der Waals surface area (Å²) in [5.41, 5.74) is 0. The van der Waals surface area contributed by atoms with Gasteiger partial charge in [0, 0.05) is 13.3 Å². The molecule has 0 bridgehead atoms. The lowest BCUT2D eigenvalue weighted by atomic mass is 10.3. The number of carbonyl (C=O) groups is 1. The zero-order valence-electron chi connectivity index (χ0n) is 9.04. The van der Waals surface area contributed by atoms with Crippen molar-refractivity contribution in [2.75, 3.05) is 0 Å². The average molecular weight is 222 g/mol. The van der Waals surface area contributed by atoms with Crippen LogP contribution in [0.3, 0.4) is 0 Å². The van der Waals surface area contributed by atoms with Crippen molar-refractivity contribution in [3.63, 3.8) is 0 Å². The van der Waals surface area contributed by atoms with Gasteiger partial charge in [-0.2, -0.15) is 0 Å². The number of rotatable bonds is 3. The van der Waals surface area contributed by atoms with Crippen LogP contribution in [0.15, 0.2) is 36.6 Å². The molecule has 0 saturated heterocycles. The number of carbonyl (C=O) groups excluding carboxylic acids is 1. The van der Waals surface area contributed by atoms with E-state index < -0.39 is 0 Å². The second-order valence-corrected chi connectivity index (χ2v) is 3.66. The predicted octanol–water partition coefficient (Wildman–Crippen LogP) is 1.69. The van der Waals surface area contributed by atoms with Gasteiger partial charge in [0.15, 0.2) is 0 Å². The fraction of sp³-hybridized carbons (Fsp3) is 0.417. The molecule has 0 aromatic rings. The van der Waals surface area contributed by atoms with E-state index in [9.17, 15) is 4.79 Å². The van der Waals surface area contributed by atoms with E-state index in [1.807, 2.05) is 24.3 Å². The molecule has 0 aromatic carbocycles. The Bertz CT molecular complexity index is 343. The zero-order valence-corrected chi connectivity index (χ0v) is 9.04. The van der Waals surface area contributed by atoms with Gasteiger partial charge in [-0.15, -0.1) is 0 Å². The van der Waals surface area contributed by atoms with Crippen molar-refractivity contribution >= 4 is 5.97 Å². The van der Waals surface area contributed by atoms with Crippen LogP contribution in [0.25, 0.3) is 0 Å². The summed E-state index contributed by atoms with van der Waals surface area (Å²) >= 11 is 0. The Kier molecular flexibility index (Phi) is 3.41. The van der Waals surface area contributed by atoms with Crippen molar-refractivity contribution in [3.8, 4) is 0 Å². The van der Waals surface area contributed by atoms with Gasteiger partial charge >= 0.3 is 5.97 Å². The van der Waals surface area contributed by atoms with E-state index in [2.05, 4.69) is 0 Å². The first kappa shape index (κ1) is 11.0. The summed E-state index contributed by atoms with van der Waals surface area (Å²) in [7, 11) is 0. The molecule has 0 saturated carbocycles. The molecule has 4 heteroatoms. The van der Waals surface area contributed by atoms with Crippen LogP contribution >= 0.6 is 0 Å². The molecule has 4 nitrogen and oxygen atoms in total. The van der Waals surface area contributed by atoms with Crippen LogP contribution in [0.1, 0.15) is 13.3 Å². The van der Waals surface area contributed by atoms with Gasteiger partial charge < -0.3 is 14.2 Å². The molecular formula is C12H14O4. The number of hydrogen-bond acceptors (Lipinski definition) is 4. The molecule has 2 rings (SSSR count). The highest BCUT2D eigenvalue weighted by Gasteiger charge is 2.24. The Morgan fingerprint density at radius 2 is 2.06 bits per heavy atom. The molecular weight excluding hydrogens is 208 g/mol.